The zero-order chi connectivity index (χ0) is 31.5. The minimum Gasteiger partial charge on any atom is -0.478 e. The van der Waals surface area contributed by atoms with Gasteiger partial charge in [0, 0.05) is 42.2 Å². The van der Waals surface area contributed by atoms with Crippen molar-refractivity contribution < 1.29 is 15.1 Å². The van der Waals surface area contributed by atoms with Crippen LogP contribution in [0.3, 0.4) is 0 Å². The fourth-order valence-electron chi connectivity index (χ4n) is 5.00. The van der Waals surface area contributed by atoms with Gasteiger partial charge in [0.05, 0.1) is 11.3 Å². The molecule has 0 saturated heterocycles. The van der Waals surface area contributed by atoms with Crippen LogP contribution in [-0.4, -0.2) is 51.1 Å². The number of hydrogen-bond acceptors (Lipinski definition) is 5. The highest BCUT2D eigenvalue weighted by Crippen LogP contribution is 2.34. The molecule has 0 aliphatic heterocycles. The molecule has 0 spiro atoms. The molecule has 2 N–H and O–H groups in total. The quantitative estimate of drug-likeness (QED) is 0.112. The maximum absolute atomic E-state index is 11.8. The van der Waals surface area contributed by atoms with Crippen LogP contribution >= 0.6 is 11.6 Å². The van der Waals surface area contributed by atoms with Crippen LogP contribution in [0.1, 0.15) is 65.7 Å². The first-order chi connectivity index (χ1) is 20.6. The first-order valence-electron chi connectivity index (χ1n) is 14.4. The van der Waals surface area contributed by atoms with Crippen molar-refractivity contribution in [2.45, 2.75) is 40.0 Å². The van der Waals surface area contributed by atoms with Crippen molar-refractivity contribution in [3.8, 4) is 11.1 Å². The van der Waals surface area contributed by atoms with Gasteiger partial charge >= 0.3 is 5.97 Å². The summed E-state index contributed by atoms with van der Waals surface area (Å²) in [4.78, 5) is 25.4. The van der Waals surface area contributed by atoms with Crippen LogP contribution in [0.4, 0.5) is 0 Å². The van der Waals surface area contributed by atoms with E-state index in [2.05, 4.69) is 30.8 Å². The number of carboxylic acid groups (broad SMARTS) is 1. The monoisotopic (exact) mass is 601 g/mol. The largest absolute Gasteiger partial charge is 0.478 e. The van der Waals surface area contributed by atoms with Crippen LogP contribution in [0.15, 0.2) is 95.0 Å². The standard InChI is InChI=1S/C29H25ClN2O4.C6H15N/c1-18-15-24(30)12-13-25(18)26(16-27(31-36)23-11-14-28(33)32(2)17-23)21-7-3-19(4-8-21)20-5-9-22(10-6-20)29(34)35;1-4-7(5-2)6-3/h3-15,17,26,36H,16H2,1-2H3,(H,34,35);4-6H2,1-3H3/b31-27+;/t26-;/m0./s1. The molecule has 4 aromatic rings. The van der Waals surface area contributed by atoms with Crippen LogP contribution in [0.5, 0.6) is 0 Å². The van der Waals surface area contributed by atoms with E-state index >= 15 is 0 Å². The number of aryl methyl sites for hydroxylation is 2. The third kappa shape index (κ3) is 8.89. The Hall–Kier alpha value is -4.20. The second kappa shape index (κ2) is 15.9. The number of halogens is 1. The number of hydrogen-bond donors (Lipinski definition) is 2. The molecular weight excluding hydrogens is 562 g/mol. The Morgan fingerprint density at radius 1 is 0.884 bits per heavy atom. The van der Waals surface area contributed by atoms with E-state index in [9.17, 15) is 14.8 Å². The third-order valence-corrected chi connectivity index (χ3v) is 7.90. The number of aromatic nitrogens is 1. The number of benzene rings is 3. The van der Waals surface area contributed by atoms with Gasteiger partial charge in [-0.3, -0.25) is 4.79 Å². The number of rotatable bonds is 10. The lowest BCUT2D eigenvalue weighted by Crippen LogP contribution is -2.21. The van der Waals surface area contributed by atoms with Gasteiger partial charge in [-0.25, -0.2) is 4.79 Å². The first kappa shape index (κ1) is 33.3. The minimum absolute atomic E-state index is 0.145. The average molecular weight is 602 g/mol. The van der Waals surface area contributed by atoms with E-state index in [1.54, 1.807) is 43.6 Å². The number of carbonyl (C=O) groups is 1. The Bertz CT molecular complexity index is 1590. The molecule has 8 heteroatoms. The molecule has 0 unspecified atom stereocenters. The predicted molar refractivity (Wildman–Crippen MR) is 175 cm³/mol. The van der Waals surface area contributed by atoms with Crippen molar-refractivity contribution >= 4 is 23.3 Å². The summed E-state index contributed by atoms with van der Waals surface area (Å²) in [5, 5.41) is 23.3. The second-order valence-corrected chi connectivity index (χ2v) is 10.7. The normalized spacial score (nSPS) is 12.0. The summed E-state index contributed by atoms with van der Waals surface area (Å²) in [7, 11) is 1.66. The summed E-state index contributed by atoms with van der Waals surface area (Å²) in [5.74, 6) is -1.10. The van der Waals surface area contributed by atoms with Gasteiger partial charge in [0.15, 0.2) is 0 Å². The van der Waals surface area contributed by atoms with Gasteiger partial charge in [-0.2, -0.15) is 0 Å². The van der Waals surface area contributed by atoms with E-state index in [-0.39, 0.29) is 17.0 Å². The van der Waals surface area contributed by atoms with Crippen LogP contribution < -0.4 is 5.56 Å². The van der Waals surface area contributed by atoms with E-state index in [4.69, 9.17) is 16.7 Å². The van der Waals surface area contributed by atoms with Crippen LogP contribution in [-0.2, 0) is 7.05 Å². The molecule has 1 aromatic heterocycles. The molecule has 0 amide bonds. The van der Waals surface area contributed by atoms with Gasteiger partial charge < -0.3 is 19.8 Å². The number of nitrogens with zero attached hydrogens (tertiary/aromatic N) is 3. The van der Waals surface area contributed by atoms with Crippen LogP contribution in [0, 0.1) is 6.92 Å². The first-order valence-corrected chi connectivity index (χ1v) is 14.8. The smallest absolute Gasteiger partial charge is 0.335 e. The Morgan fingerprint density at radius 3 is 1.91 bits per heavy atom. The van der Waals surface area contributed by atoms with Crippen molar-refractivity contribution in [2.75, 3.05) is 19.6 Å². The zero-order valence-corrected chi connectivity index (χ0v) is 26.2. The topological polar surface area (TPSA) is 95.1 Å². The van der Waals surface area contributed by atoms with E-state index in [0.717, 1.165) is 27.8 Å². The predicted octanol–water partition coefficient (Wildman–Crippen LogP) is 7.46. The Morgan fingerprint density at radius 2 is 1.44 bits per heavy atom. The molecule has 1 atom stereocenters. The molecule has 7 nitrogen and oxygen atoms in total. The molecule has 1 heterocycles. The van der Waals surface area contributed by atoms with Crippen molar-refractivity contribution in [1.82, 2.24) is 9.47 Å². The molecule has 0 saturated carbocycles. The van der Waals surface area contributed by atoms with Crippen molar-refractivity contribution in [2.24, 2.45) is 12.2 Å². The highest BCUT2D eigenvalue weighted by molar-refractivity contribution is 6.30. The molecular formula is C35H40ClN3O4. The SMILES string of the molecule is CCN(CC)CC.Cc1cc(Cl)ccc1[C@@H](C/C(=N\O)c1ccc(=O)n(C)c1)c1ccc(-c2ccc(C(=O)O)cc2)cc1. The van der Waals surface area contributed by atoms with Gasteiger partial charge in [-0.15, -0.1) is 0 Å². The lowest BCUT2D eigenvalue weighted by Gasteiger charge is -2.21. The van der Waals surface area contributed by atoms with E-state index < -0.39 is 5.97 Å². The van der Waals surface area contributed by atoms with E-state index in [1.165, 1.54) is 30.3 Å². The molecule has 0 radical (unpaired) electrons. The summed E-state index contributed by atoms with van der Waals surface area (Å²) < 4.78 is 1.45. The molecule has 0 aliphatic carbocycles. The Balaban J connectivity index is 0.000000646. The molecule has 3 aromatic carbocycles. The lowest BCUT2D eigenvalue weighted by molar-refractivity contribution is 0.0697. The van der Waals surface area contributed by atoms with Crippen molar-refractivity contribution in [3.05, 3.63) is 128 Å². The summed E-state index contributed by atoms with van der Waals surface area (Å²) in [6, 6.07) is 23.6. The number of pyridine rings is 1. The van der Waals surface area contributed by atoms with Crippen LogP contribution in [0.25, 0.3) is 11.1 Å². The molecule has 226 valence electrons. The molecule has 0 aliphatic rings. The van der Waals surface area contributed by atoms with Gasteiger partial charge in [0.1, 0.15) is 0 Å². The van der Waals surface area contributed by atoms with Crippen LogP contribution in [0.2, 0.25) is 5.02 Å². The van der Waals surface area contributed by atoms with Gasteiger partial charge in [-0.05, 0) is 84.7 Å². The minimum atomic E-state index is -0.960. The Kier molecular flexibility index (Phi) is 12.3. The van der Waals surface area contributed by atoms with Crippen molar-refractivity contribution in [3.63, 3.8) is 0 Å². The molecule has 0 fully saturated rings. The highest BCUT2D eigenvalue weighted by Gasteiger charge is 2.21. The fourth-order valence-corrected chi connectivity index (χ4v) is 5.22. The number of carboxylic acids is 1. The average Bonchev–Trinajstić information content (AvgIpc) is 3.01. The molecule has 4 rings (SSSR count). The van der Waals surface area contributed by atoms with Gasteiger partial charge in [-0.1, -0.05) is 80.0 Å². The molecule has 43 heavy (non-hydrogen) atoms. The van der Waals surface area contributed by atoms with Gasteiger partial charge in [0.2, 0.25) is 5.56 Å². The van der Waals surface area contributed by atoms with Crippen molar-refractivity contribution in [1.29, 1.82) is 0 Å². The third-order valence-electron chi connectivity index (χ3n) is 7.66. The summed E-state index contributed by atoms with van der Waals surface area (Å²) in [5.41, 5.74) is 6.14. The lowest BCUT2D eigenvalue weighted by atomic mass is 9.83. The zero-order valence-electron chi connectivity index (χ0n) is 25.4. The molecule has 0 bridgehead atoms. The Labute approximate surface area is 258 Å². The van der Waals surface area contributed by atoms with E-state index in [1.807, 2.05) is 49.4 Å². The number of aromatic carboxylic acids is 1. The second-order valence-electron chi connectivity index (χ2n) is 10.3. The van der Waals surface area contributed by atoms with Gasteiger partial charge in [0.25, 0.3) is 0 Å². The number of oxime groups is 1. The fraction of sp³-hybridized carbons (Fsp3) is 0.286. The summed E-state index contributed by atoms with van der Waals surface area (Å²) in [6.45, 7) is 12.1. The summed E-state index contributed by atoms with van der Waals surface area (Å²) >= 11 is 6.22. The maximum Gasteiger partial charge on any atom is 0.335 e. The maximum atomic E-state index is 11.8. The van der Waals surface area contributed by atoms with E-state index in [0.29, 0.717) is 22.7 Å². The highest BCUT2D eigenvalue weighted by atomic mass is 35.5. The summed E-state index contributed by atoms with van der Waals surface area (Å²) in [6.07, 6.45) is 2.05.